The second-order valence-corrected chi connectivity index (χ2v) is 7.02. The van der Waals surface area contributed by atoms with Crippen LogP contribution in [0.3, 0.4) is 0 Å². The van der Waals surface area contributed by atoms with E-state index in [9.17, 15) is 4.79 Å². The van der Waals surface area contributed by atoms with E-state index in [2.05, 4.69) is 16.0 Å². The lowest BCUT2D eigenvalue weighted by molar-refractivity contribution is -0.133. The zero-order valence-corrected chi connectivity index (χ0v) is 14.3. The van der Waals surface area contributed by atoms with Gasteiger partial charge in [0.15, 0.2) is 5.65 Å². The number of likely N-dealkylation sites (tertiary alicyclic amines) is 2. The van der Waals surface area contributed by atoms with Gasteiger partial charge in [0.1, 0.15) is 0 Å². The van der Waals surface area contributed by atoms with Crippen molar-refractivity contribution in [3.05, 3.63) is 24.0 Å². The predicted molar refractivity (Wildman–Crippen MR) is 92.7 cm³/mol. The van der Waals surface area contributed by atoms with Gasteiger partial charge in [-0.25, -0.2) is 4.98 Å². The molecule has 0 spiro atoms. The first-order valence-corrected chi connectivity index (χ1v) is 9.00. The number of rotatable bonds is 3. The maximum absolute atomic E-state index is 12.5. The van der Waals surface area contributed by atoms with Crippen molar-refractivity contribution in [1.29, 1.82) is 0 Å². The maximum Gasteiger partial charge on any atom is 0.236 e. The van der Waals surface area contributed by atoms with Gasteiger partial charge in [-0.15, -0.1) is 0 Å². The Hall–Kier alpha value is -1.95. The minimum Gasteiger partial charge on any atom is -0.342 e. The molecular weight excluding hydrogens is 302 g/mol. The number of carbonyl (C=O) groups is 1. The van der Waals surface area contributed by atoms with E-state index in [1.165, 1.54) is 12.8 Å². The lowest BCUT2D eigenvalue weighted by Crippen LogP contribution is -2.43. The molecule has 0 saturated carbocycles. The van der Waals surface area contributed by atoms with Crippen molar-refractivity contribution in [2.75, 3.05) is 32.7 Å². The van der Waals surface area contributed by atoms with Crippen molar-refractivity contribution in [2.24, 2.45) is 7.05 Å². The van der Waals surface area contributed by atoms with Crippen LogP contribution in [0.25, 0.3) is 11.0 Å². The fraction of sp³-hybridized carbons (Fsp3) is 0.611. The molecule has 128 valence electrons. The number of hydrogen-bond donors (Lipinski definition) is 0. The molecule has 6 heteroatoms. The van der Waals surface area contributed by atoms with Crippen molar-refractivity contribution in [2.45, 2.75) is 31.6 Å². The second kappa shape index (κ2) is 6.51. The van der Waals surface area contributed by atoms with Crippen LogP contribution in [-0.2, 0) is 11.8 Å². The van der Waals surface area contributed by atoms with Gasteiger partial charge in [-0.1, -0.05) is 0 Å². The van der Waals surface area contributed by atoms with Gasteiger partial charge in [-0.05, 0) is 50.9 Å². The van der Waals surface area contributed by atoms with E-state index in [1.807, 2.05) is 28.9 Å². The third kappa shape index (κ3) is 2.90. The smallest absolute Gasteiger partial charge is 0.236 e. The summed E-state index contributed by atoms with van der Waals surface area (Å²) in [5, 5.41) is 5.86. The summed E-state index contributed by atoms with van der Waals surface area (Å²) < 4.78 is 1.87. The van der Waals surface area contributed by atoms with Crippen LogP contribution in [0.15, 0.2) is 18.3 Å². The predicted octanol–water partition coefficient (Wildman–Crippen LogP) is 1.77. The third-order valence-electron chi connectivity index (χ3n) is 5.42. The molecule has 2 aromatic rings. The molecule has 0 aliphatic carbocycles. The number of aromatic nitrogens is 3. The van der Waals surface area contributed by atoms with Gasteiger partial charge in [-0.2, -0.15) is 5.10 Å². The van der Waals surface area contributed by atoms with E-state index in [1.54, 1.807) is 0 Å². The standard InChI is InChI=1S/C18H25N5O/c1-21-18-15(5-4-8-19-18)17(20-21)14-6-11-23(12-7-14)16(24)13-22-9-2-3-10-22/h4-5,8,14H,2-3,6-7,9-13H2,1H3. The SMILES string of the molecule is Cn1nc(C2CCN(C(=O)CN3CCCC3)CC2)c2cccnc21. The first-order chi connectivity index (χ1) is 11.7. The molecule has 2 fully saturated rings. The molecule has 2 aliphatic heterocycles. The molecule has 4 heterocycles. The summed E-state index contributed by atoms with van der Waals surface area (Å²) in [6.45, 7) is 4.44. The monoisotopic (exact) mass is 327 g/mol. The molecule has 1 amide bonds. The van der Waals surface area contributed by atoms with Gasteiger partial charge < -0.3 is 4.90 Å². The van der Waals surface area contributed by atoms with Crippen LogP contribution < -0.4 is 0 Å². The van der Waals surface area contributed by atoms with Crippen LogP contribution in [0.5, 0.6) is 0 Å². The number of aryl methyl sites for hydroxylation is 1. The molecule has 24 heavy (non-hydrogen) atoms. The van der Waals surface area contributed by atoms with E-state index < -0.39 is 0 Å². The number of amides is 1. The lowest BCUT2D eigenvalue weighted by atomic mass is 9.92. The average Bonchev–Trinajstić information content (AvgIpc) is 3.24. The minimum atomic E-state index is 0.294. The molecule has 4 rings (SSSR count). The normalized spacial score (nSPS) is 20.1. The molecule has 0 N–H and O–H groups in total. The largest absolute Gasteiger partial charge is 0.342 e. The summed E-state index contributed by atoms with van der Waals surface area (Å²) in [7, 11) is 1.95. The number of piperidine rings is 1. The first kappa shape index (κ1) is 15.6. The van der Waals surface area contributed by atoms with Crippen LogP contribution in [0, 0.1) is 0 Å². The quantitative estimate of drug-likeness (QED) is 0.862. The van der Waals surface area contributed by atoms with E-state index >= 15 is 0 Å². The maximum atomic E-state index is 12.5. The van der Waals surface area contributed by atoms with Crippen molar-refractivity contribution in [1.82, 2.24) is 24.6 Å². The third-order valence-corrected chi connectivity index (χ3v) is 5.42. The minimum absolute atomic E-state index is 0.294. The van der Waals surface area contributed by atoms with Crippen LogP contribution in [0.4, 0.5) is 0 Å². The number of hydrogen-bond acceptors (Lipinski definition) is 4. The Morgan fingerprint density at radius 1 is 1.21 bits per heavy atom. The van der Waals surface area contributed by atoms with Crippen LogP contribution in [-0.4, -0.2) is 63.2 Å². The van der Waals surface area contributed by atoms with Gasteiger partial charge in [0, 0.05) is 37.6 Å². The number of pyridine rings is 1. The Morgan fingerprint density at radius 2 is 1.96 bits per heavy atom. The zero-order chi connectivity index (χ0) is 16.5. The molecule has 2 aromatic heterocycles. The average molecular weight is 327 g/mol. The molecule has 0 unspecified atom stereocenters. The molecule has 2 saturated heterocycles. The molecule has 6 nitrogen and oxygen atoms in total. The summed E-state index contributed by atoms with van der Waals surface area (Å²) in [5.41, 5.74) is 2.09. The van der Waals surface area contributed by atoms with Crippen molar-refractivity contribution < 1.29 is 4.79 Å². The fourth-order valence-electron chi connectivity index (χ4n) is 4.05. The van der Waals surface area contributed by atoms with Crippen molar-refractivity contribution in [3.63, 3.8) is 0 Å². The fourth-order valence-corrected chi connectivity index (χ4v) is 4.05. The van der Waals surface area contributed by atoms with Crippen LogP contribution in [0.1, 0.15) is 37.3 Å². The molecule has 0 radical (unpaired) electrons. The second-order valence-electron chi connectivity index (χ2n) is 7.02. The van der Waals surface area contributed by atoms with Crippen LogP contribution >= 0.6 is 0 Å². The van der Waals surface area contributed by atoms with Gasteiger partial charge >= 0.3 is 0 Å². The number of fused-ring (bicyclic) bond motifs is 1. The molecule has 0 atom stereocenters. The molecule has 0 bridgehead atoms. The van der Waals surface area contributed by atoms with Gasteiger partial charge in [0.25, 0.3) is 0 Å². The van der Waals surface area contributed by atoms with Gasteiger partial charge in [0.05, 0.1) is 12.2 Å². The van der Waals surface area contributed by atoms with Crippen molar-refractivity contribution >= 4 is 16.9 Å². The van der Waals surface area contributed by atoms with Gasteiger partial charge in [0.2, 0.25) is 5.91 Å². The van der Waals surface area contributed by atoms with Gasteiger partial charge in [-0.3, -0.25) is 14.4 Å². The van der Waals surface area contributed by atoms with E-state index in [0.29, 0.717) is 18.4 Å². The Labute approximate surface area is 142 Å². The van der Waals surface area contributed by atoms with Crippen LogP contribution in [0.2, 0.25) is 0 Å². The van der Waals surface area contributed by atoms with E-state index in [4.69, 9.17) is 5.10 Å². The Balaban J connectivity index is 1.41. The first-order valence-electron chi connectivity index (χ1n) is 9.00. The summed E-state index contributed by atoms with van der Waals surface area (Å²) >= 11 is 0. The van der Waals surface area contributed by atoms with E-state index in [-0.39, 0.29) is 0 Å². The highest BCUT2D eigenvalue weighted by Crippen LogP contribution is 2.31. The molecular formula is C18H25N5O. The molecule has 2 aliphatic rings. The Morgan fingerprint density at radius 3 is 2.71 bits per heavy atom. The number of nitrogens with zero attached hydrogens (tertiary/aromatic N) is 5. The number of carbonyl (C=O) groups excluding carboxylic acids is 1. The van der Waals surface area contributed by atoms with Crippen molar-refractivity contribution in [3.8, 4) is 0 Å². The highest BCUT2D eigenvalue weighted by Gasteiger charge is 2.28. The summed E-state index contributed by atoms with van der Waals surface area (Å²) in [5.74, 6) is 0.719. The summed E-state index contributed by atoms with van der Waals surface area (Å²) in [6.07, 6.45) is 6.26. The lowest BCUT2D eigenvalue weighted by Gasteiger charge is -2.32. The topological polar surface area (TPSA) is 54.3 Å². The summed E-state index contributed by atoms with van der Waals surface area (Å²) in [6, 6.07) is 4.08. The highest BCUT2D eigenvalue weighted by molar-refractivity contribution is 5.79. The Bertz CT molecular complexity index is 726. The molecule has 0 aromatic carbocycles. The Kier molecular flexibility index (Phi) is 4.22. The zero-order valence-electron chi connectivity index (χ0n) is 14.3. The summed E-state index contributed by atoms with van der Waals surface area (Å²) in [4.78, 5) is 21.2. The highest BCUT2D eigenvalue weighted by atomic mass is 16.2. The van der Waals surface area contributed by atoms with E-state index in [0.717, 1.165) is 55.7 Å².